The molecule has 1 aliphatic heterocycles. The van der Waals surface area contributed by atoms with E-state index in [2.05, 4.69) is 132 Å². The van der Waals surface area contributed by atoms with Crippen LogP contribution in [0.25, 0.3) is 22.3 Å². The van der Waals surface area contributed by atoms with E-state index in [1.54, 1.807) is 0 Å². The summed E-state index contributed by atoms with van der Waals surface area (Å²) in [4.78, 5) is 28.1. The summed E-state index contributed by atoms with van der Waals surface area (Å²) < 4.78 is 0. The zero-order valence-electron chi connectivity index (χ0n) is 25.8. The van der Waals surface area contributed by atoms with Gasteiger partial charge in [0, 0.05) is 104 Å². The monoisotopic (exact) mass is 619 g/mol. The first kappa shape index (κ1) is 27.6. The number of H-pyrrole nitrogens is 4. The molecule has 1 aliphatic rings. The maximum atomic E-state index is 4.31. The summed E-state index contributed by atoms with van der Waals surface area (Å²) in [5.74, 6) is 0. The van der Waals surface area contributed by atoms with Crippen LogP contribution >= 0.6 is 0 Å². The number of benzene rings is 1. The third-order valence-corrected chi connectivity index (χ3v) is 8.87. The quantitative estimate of drug-likeness (QED) is 0.234. The number of aromatic amines is 4. The number of nitrogens with zero attached hydrogens (tertiary/aromatic N) is 3. The summed E-state index contributed by atoms with van der Waals surface area (Å²) in [7, 11) is 0. The smallest absolute Gasteiger partial charge is 0.0485 e. The van der Waals surface area contributed by atoms with E-state index in [9.17, 15) is 0 Å². The first-order valence-corrected chi connectivity index (χ1v) is 15.8. The minimum Gasteiger partial charge on any atom is -0.354 e. The molecule has 0 atom stereocenters. The standard InChI is InChI=1S/C41H29N7/c1-2-4-26(5-3-1)38-30-6-8-32(45-30)39(27-14-20-42-21-15-27)34-10-12-36(47-34)41(29-18-24-44-25-19-29)37-13-11-35(48-37)40(28-16-22-43-23-17-28)33-9-7-31(38)46-33/h1-25,45-48H. The van der Waals surface area contributed by atoms with Crippen molar-refractivity contribution in [2.75, 3.05) is 0 Å². The summed E-state index contributed by atoms with van der Waals surface area (Å²) >= 11 is 0. The number of rotatable bonds is 4. The molecule has 228 valence electrons. The summed E-state index contributed by atoms with van der Waals surface area (Å²) in [6, 6.07) is 40.1. The van der Waals surface area contributed by atoms with Crippen LogP contribution in [0.1, 0.15) is 45.0 Å². The maximum Gasteiger partial charge on any atom is 0.0485 e. The molecule has 9 rings (SSSR count). The predicted octanol–water partition coefficient (Wildman–Crippen LogP) is 4.49. The number of hydrogen-bond acceptors (Lipinski definition) is 3. The Bertz CT molecular complexity index is 2280. The second kappa shape index (κ2) is 11.6. The van der Waals surface area contributed by atoms with Gasteiger partial charge in [-0.05, 0) is 107 Å². The van der Waals surface area contributed by atoms with Crippen molar-refractivity contribution in [1.29, 1.82) is 0 Å². The van der Waals surface area contributed by atoms with Gasteiger partial charge in [-0.1, -0.05) is 30.3 Å². The van der Waals surface area contributed by atoms with Gasteiger partial charge in [-0.2, -0.15) is 0 Å². The second-order valence-electron chi connectivity index (χ2n) is 11.7. The molecule has 7 aromatic heterocycles. The molecule has 0 aliphatic carbocycles. The summed E-state index contributed by atoms with van der Waals surface area (Å²) in [6.07, 6.45) is 11.0. The molecule has 0 unspecified atom stereocenters. The highest BCUT2D eigenvalue weighted by Gasteiger charge is 2.18. The third kappa shape index (κ3) is 4.82. The molecule has 0 radical (unpaired) electrons. The number of nitrogens with one attached hydrogen (secondary N) is 4. The van der Waals surface area contributed by atoms with Crippen molar-refractivity contribution in [1.82, 2.24) is 34.9 Å². The Hall–Kier alpha value is -6.73. The van der Waals surface area contributed by atoms with Gasteiger partial charge in [-0.3, -0.25) is 15.0 Å². The number of hydrogen-bond donors (Lipinski definition) is 4. The van der Waals surface area contributed by atoms with Gasteiger partial charge in [-0.25, -0.2) is 0 Å². The average molecular weight is 620 g/mol. The summed E-state index contributed by atoms with van der Waals surface area (Å²) in [6.45, 7) is 0. The van der Waals surface area contributed by atoms with Gasteiger partial charge in [0.1, 0.15) is 0 Å². The van der Waals surface area contributed by atoms with Gasteiger partial charge in [0.25, 0.3) is 0 Å². The van der Waals surface area contributed by atoms with Crippen LogP contribution in [-0.4, -0.2) is 34.9 Å². The SMILES string of the molecule is c1ccc(C2=c3ccc([nH]3)=C(c3ccncc3)c3ccc([nH]3)C(c3ccncc3)=c3ccc([nH]3)=C(c3ccncc3)c3ccc2[nH]3)cc1. The van der Waals surface area contributed by atoms with Gasteiger partial charge < -0.3 is 19.9 Å². The second-order valence-corrected chi connectivity index (χ2v) is 11.7. The van der Waals surface area contributed by atoms with Gasteiger partial charge in [0.2, 0.25) is 0 Å². The highest BCUT2D eigenvalue weighted by Crippen LogP contribution is 2.27. The molecule has 0 amide bonds. The Morgan fingerprint density at radius 2 is 0.562 bits per heavy atom. The Morgan fingerprint density at radius 1 is 0.271 bits per heavy atom. The third-order valence-electron chi connectivity index (χ3n) is 8.87. The molecule has 0 saturated heterocycles. The van der Waals surface area contributed by atoms with E-state index in [4.69, 9.17) is 0 Å². The fourth-order valence-electron chi connectivity index (χ4n) is 6.73. The van der Waals surface area contributed by atoms with E-state index in [-0.39, 0.29) is 0 Å². The van der Waals surface area contributed by atoms with Crippen LogP contribution < -0.4 is 21.4 Å². The first-order chi connectivity index (χ1) is 23.8. The van der Waals surface area contributed by atoms with Crippen LogP contribution in [0.5, 0.6) is 0 Å². The molecular formula is C41H29N7. The van der Waals surface area contributed by atoms with Crippen LogP contribution in [0.15, 0.2) is 152 Å². The normalized spacial score (nSPS) is 12.8. The van der Waals surface area contributed by atoms with Crippen molar-refractivity contribution in [2.45, 2.75) is 0 Å². The van der Waals surface area contributed by atoms with Crippen LogP contribution in [0.4, 0.5) is 0 Å². The molecule has 0 saturated carbocycles. The van der Waals surface area contributed by atoms with E-state index in [1.807, 2.05) is 55.4 Å². The highest BCUT2D eigenvalue weighted by atomic mass is 14.8. The highest BCUT2D eigenvalue weighted by molar-refractivity contribution is 5.84. The molecule has 7 nitrogen and oxygen atoms in total. The molecular weight excluding hydrogens is 591 g/mol. The Balaban J connectivity index is 1.44. The maximum absolute atomic E-state index is 4.31. The molecule has 8 heterocycles. The average Bonchev–Trinajstić information content (AvgIpc) is 3.98. The lowest BCUT2D eigenvalue weighted by atomic mass is 10.0. The molecule has 8 aromatic rings. The Kier molecular flexibility index (Phi) is 6.64. The van der Waals surface area contributed by atoms with Crippen LogP contribution in [0.3, 0.4) is 0 Å². The van der Waals surface area contributed by atoms with Crippen LogP contribution in [0, 0.1) is 0 Å². The van der Waals surface area contributed by atoms with Gasteiger partial charge >= 0.3 is 0 Å². The van der Waals surface area contributed by atoms with Crippen molar-refractivity contribution in [2.24, 2.45) is 0 Å². The fourth-order valence-corrected chi connectivity index (χ4v) is 6.73. The van der Waals surface area contributed by atoms with E-state index in [0.717, 1.165) is 88.7 Å². The molecule has 4 N–H and O–H groups in total. The number of aromatic nitrogens is 7. The van der Waals surface area contributed by atoms with Crippen LogP contribution in [0.2, 0.25) is 0 Å². The van der Waals surface area contributed by atoms with Crippen molar-refractivity contribution >= 4 is 22.3 Å². The van der Waals surface area contributed by atoms with Gasteiger partial charge in [0.05, 0.1) is 0 Å². The van der Waals surface area contributed by atoms with E-state index >= 15 is 0 Å². The van der Waals surface area contributed by atoms with Crippen molar-refractivity contribution in [3.05, 3.63) is 219 Å². The minimum absolute atomic E-state index is 0.985. The Morgan fingerprint density at radius 3 is 0.875 bits per heavy atom. The zero-order chi connectivity index (χ0) is 31.9. The molecule has 48 heavy (non-hydrogen) atoms. The molecule has 0 fully saturated rings. The molecule has 7 heteroatoms. The number of fused-ring (bicyclic) bond motifs is 8. The molecule has 0 spiro atoms. The van der Waals surface area contributed by atoms with Crippen molar-refractivity contribution < 1.29 is 0 Å². The van der Waals surface area contributed by atoms with Crippen molar-refractivity contribution in [3.8, 4) is 0 Å². The minimum atomic E-state index is 0.985. The van der Waals surface area contributed by atoms with Crippen LogP contribution in [-0.2, 0) is 0 Å². The lowest BCUT2D eigenvalue weighted by Gasteiger charge is -2.09. The first-order valence-electron chi connectivity index (χ1n) is 15.8. The van der Waals surface area contributed by atoms with Gasteiger partial charge in [0.15, 0.2) is 0 Å². The van der Waals surface area contributed by atoms with E-state index in [0.29, 0.717) is 0 Å². The molecule has 8 bridgehead atoms. The predicted molar refractivity (Wildman–Crippen MR) is 187 cm³/mol. The number of pyridine rings is 3. The lowest BCUT2D eigenvalue weighted by molar-refractivity contribution is 1.18. The summed E-state index contributed by atoms with van der Waals surface area (Å²) in [5.41, 5.74) is 12.5. The summed E-state index contributed by atoms with van der Waals surface area (Å²) in [5, 5.41) is 3.97. The van der Waals surface area contributed by atoms with E-state index < -0.39 is 0 Å². The fraction of sp³-hybridized carbons (Fsp3) is 0. The van der Waals surface area contributed by atoms with Crippen molar-refractivity contribution in [3.63, 3.8) is 0 Å². The lowest BCUT2D eigenvalue weighted by Crippen LogP contribution is -2.19. The molecule has 1 aromatic carbocycles. The van der Waals surface area contributed by atoms with Gasteiger partial charge in [-0.15, -0.1) is 0 Å². The Labute approximate surface area is 275 Å². The van der Waals surface area contributed by atoms with E-state index in [1.165, 1.54) is 0 Å². The zero-order valence-corrected chi connectivity index (χ0v) is 25.8. The largest absolute Gasteiger partial charge is 0.354 e. The topological polar surface area (TPSA) is 102 Å².